The Hall–Kier alpha value is -1.61. The van der Waals surface area contributed by atoms with Gasteiger partial charge in [0.05, 0.1) is 16.1 Å². The van der Waals surface area contributed by atoms with Gasteiger partial charge in [0, 0.05) is 24.7 Å². The Labute approximate surface area is 110 Å². The molecule has 0 spiro atoms. The summed E-state index contributed by atoms with van der Waals surface area (Å²) in [5.41, 5.74) is 1.33. The maximum Gasteiger partial charge on any atom is 0.256 e. The summed E-state index contributed by atoms with van der Waals surface area (Å²) in [6.07, 6.45) is 1.69. The van der Waals surface area contributed by atoms with Gasteiger partial charge in [0.1, 0.15) is 0 Å². The lowest BCUT2D eigenvalue weighted by atomic mass is 10.0. The minimum atomic E-state index is 0.0495. The van der Waals surface area contributed by atoms with Crippen LogP contribution in [0, 0.1) is 5.92 Å². The van der Waals surface area contributed by atoms with Gasteiger partial charge < -0.3 is 4.90 Å². The molecule has 0 unspecified atom stereocenters. The van der Waals surface area contributed by atoms with Gasteiger partial charge in [-0.3, -0.25) is 9.78 Å². The molecule has 1 aromatic carbocycles. The van der Waals surface area contributed by atoms with Crippen LogP contribution in [0.15, 0.2) is 30.5 Å². The van der Waals surface area contributed by atoms with E-state index < -0.39 is 0 Å². The van der Waals surface area contributed by atoms with Crippen LogP contribution < -0.4 is 0 Å². The third kappa shape index (κ3) is 1.75. The van der Waals surface area contributed by atoms with Crippen molar-refractivity contribution in [3.8, 4) is 0 Å². The van der Waals surface area contributed by atoms with E-state index in [2.05, 4.69) is 11.9 Å². The summed E-state index contributed by atoms with van der Waals surface area (Å²) < 4.78 is 0. The summed E-state index contributed by atoms with van der Waals surface area (Å²) in [6, 6.07) is 7.25. The predicted molar refractivity (Wildman–Crippen MR) is 71.8 cm³/mol. The maximum absolute atomic E-state index is 12.3. The molecule has 0 saturated carbocycles. The number of rotatable bonds is 1. The molecular weight excluding hydrogens is 248 g/mol. The van der Waals surface area contributed by atoms with Crippen molar-refractivity contribution in [2.75, 3.05) is 13.1 Å². The zero-order valence-electron chi connectivity index (χ0n) is 10.1. The predicted octanol–water partition coefficient (Wildman–Crippen LogP) is 2.98. The monoisotopic (exact) mass is 260 g/mol. The number of hydrogen-bond donors (Lipinski definition) is 0. The van der Waals surface area contributed by atoms with Crippen molar-refractivity contribution in [3.05, 3.63) is 41.0 Å². The van der Waals surface area contributed by atoms with Gasteiger partial charge in [0.2, 0.25) is 0 Å². The second-order valence-corrected chi connectivity index (χ2v) is 5.22. The van der Waals surface area contributed by atoms with Crippen LogP contribution in [0.4, 0.5) is 0 Å². The molecule has 3 nitrogen and oxygen atoms in total. The van der Waals surface area contributed by atoms with Gasteiger partial charge in [0.25, 0.3) is 5.91 Å². The van der Waals surface area contributed by atoms with E-state index in [1.807, 2.05) is 17.0 Å². The quantitative estimate of drug-likeness (QED) is 0.790. The Bertz CT molecular complexity index is 620. The topological polar surface area (TPSA) is 33.2 Å². The Morgan fingerprint density at radius 3 is 2.89 bits per heavy atom. The molecule has 92 valence electrons. The largest absolute Gasteiger partial charge is 0.338 e. The molecule has 0 aliphatic carbocycles. The van der Waals surface area contributed by atoms with Crippen LogP contribution >= 0.6 is 11.6 Å². The molecule has 1 aliphatic heterocycles. The summed E-state index contributed by atoms with van der Waals surface area (Å²) in [5, 5.41) is 1.46. The number of halogens is 1. The van der Waals surface area contributed by atoms with Crippen molar-refractivity contribution in [2.24, 2.45) is 5.92 Å². The number of hydrogen-bond acceptors (Lipinski definition) is 2. The molecule has 1 fully saturated rings. The van der Waals surface area contributed by atoms with Crippen LogP contribution in [-0.4, -0.2) is 28.9 Å². The minimum absolute atomic E-state index is 0.0495. The van der Waals surface area contributed by atoms with E-state index in [1.54, 1.807) is 18.3 Å². The van der Waals surface area contributed by atoms with Gasteiger partial charge >= 0.3 is 0 Å². The highest BCUT2D eigenvalue weighted by Gasteiger charge is 2.29. The highest BCUT2D eigenvalue weighted by molar-refractivity contribution is 6.36. The average Bonchev–Trinajstić information content (AvgIpc) is 2.35. The lowest BCUT2D eigenvalue weighted by Gasteiger charge is -2.37. The first kappa shape index (κ1) is 11.5. The van der Waals surface area contributed by atoms with Crippen LogP contribution in [0.5, 0.6) is 0 Å². The summed E-state index contributed by atoms with van der Waals surface area (Å²) >= 11 is 6.12. The van der Waals surface area contributed by atoms with E-state index in [1.165, 1.54) is 0 Å². The first-order valence-corrected chi connectivity index (χ1v) is 6.37. The first-order chi connectivity index (χ1) is 8.66. The van der Waals surface area contributed by atoms with Gasteiger partial charge in [-0.15, -0.1) is 0 Å². The third-order valence-corrected chi connectivity index (χ3v) is 3.63. The Morgan fingerprint density at radius 1 is 1.39 bits per heavy atom. The molecule has 3 rings (SSSR count). The fourth-order valence-electron chi connectivity index (χ4n) is 2.35. The van der Waals surface area contributed by atoms with Crippen LogP contribution in [0.25, 0.3) is 10.9 Å². The van der Waals surface area contributed by atoms with E-state index in [0.717, 1.165) is 18.5 Å². The van der Waals surface area contributed by atoms with E-state index in [0.29, 0.717) is 22.0 Å². The van der Waals surface area contributed by atoms with Crippen LogP contribution in [0.2, 0.25) is 5.02 Å². The molecule has 2 heterocycles. The summed E-state index contributed by atoms with van der Waals surface area (Å²) in [5.74, 6) is 0.647. The van der Waals surface area contributed by atoms with Crippen LogP contribution in [0.3, 0.4) is 0 Å². The molecule has 0 atom stereocenters. The number of pyridine rings is 1. The van der Waals surface area contributed by atoms with Crippen LogP contribution in [-0.2, 0) is 0 Å². The summed E-state index contributed by atoms with van der Waals surface area (Å²) in [6.45, 7) is 3.80. The van der Waals surface area contributed by atoms with E-state index in [-0.39, 0.29) is 5.91 Å². The summed E-state index contributed by atoms with van der Waals surface area (Å²) in [4.78, 5) is 18.5. The SMILES string of the molecule is CC1CN(C(=O)c2ccc(Cl)c3cccnc23)C1. The van der Waals surface area contributed by atoms with Gasteiger partial charge in [0.15, 0.2) is 0 Å². The number of aromatic nitrogens is 1. The Kier molecular flexibility index (Phi) is 2.71. The van der Waals surface area contributed by atoms with E-state index in [9.17, 15) is 4.79 Å². The average molecular weight is 261 g/mol. The van der Waals surface area contributed by atoms with Gasteiger partial charge in [-0.1, -0.05) is 18.5 Å². The van der Waals surface area contributed by atoms with Crippen molar-refractivity contribution in [2.45, 2.75) is 6.92 Å². The third-order valence-electron chi connectivity index (χ3n) is 3.30. The number of nitrogens with zero attached hydrogens (tertiary/aromatic N) is 2. The maximum atomic E-state index is 12.3. The molecule has 1 saturated heterocycles. The van der Waals surface area contributed by atoms with Crippen molar-refractivity contribution in [1.29, 1.82) is 0 Å². The van der Waals surface area contributed by atoms with Crippen molar-refractivity contribution in [3.63, 3.8) is 0 Å². The van der Waals surface area contributed by atoms with Gasteiger partial charge in [-0.05, 0) is 30.2 Å². The minimum Gasteiger partial charge on any atom is -0.338 e. The summed E-state index contributed by atoms with van der Waals surface area (Å²) in [7, 11) is 0. The zero-order valence-corrected chi connectivity index (χ0v) is 10.8. The number of carbonyl (C=O) groups is 1. The molecule has 18 heavy (non-hydrogen) atoms. The van der Waals surface area contributed by atoms with Crippen LogP contribution in [0.1, 0.15) is 17.3 Å². The molecule has 1 aliphatic rings. The number of carbonyl (C=O) groups excluding carboxylic acids is 1. The van der Waals surface area contributed by atoms with Gasteiger partial charge in [-0.2, -0.15) is 0 Å². The number of benzene rings is 1. The van der Waals surface area contributed by atoms with Crippen molar-refractivity contribution < 1.29 is 4.79 Å². The van der Waals surface area contributed by atoms with Gasteiger partial charge in [-0.25, -0.2) is 0 Å². The fraction of sp³-hybridized carbons (Fsp3) is 0.286. The second kappa shape index (κ2) is 4.25. The molecule has 1 amide bonds. The number of likely N-dealkylation sites (tertiary alicyclic amines) is 1. The molecule has 0 bridgehead atoms. The number of amides is 1. The fourth-order valence-corrected chi connectivity index (χ4v) is 2.56. The molecular formula is C14H13ClN2O. The molecule has 0 N–H and O–H groups in total. The highest BCUT2D eigenvalue weighted by Crippen LogP contribution is 2.27. The van der Waals surface area contributed by atoms with Crippen molar-refractivity contribution in [1.82, 2.24) is 9.88 Å². The Morgan fingerprint density at radius 2 is 2.17 bits per heavy atom. The molecule has 4 heteroatoms. The van der Waals surface area contributed by atoms with E-state index in [4.69, 9.17) is 11.6 Å². The van der Waals surface area contributed by atoms with E-state index >= 15 is 0 Å². The number of fused-ring (bicyclic) bond motifs is 1. The standard InChI is InChI=1S/C14H13ClN2O/c1-9-7-17(8-9)14(18)11-4-5-12(15)10-3-2-6-16-13(10)11/h2-6,9H,7-8H2,1H3. The lowest BCUT2D eigenvalue weighted by molar-refractivity contribution is 0.0532. The zero-order chi connectivity index (χ0) is 12.7. The molecule has 0 radical (unpaired) electrons. The smallest absolute Gasteiger partial charge is 0.256 e. The normalized spacial score (nSPS) is 15.8. The molecule has 2 aromatic rings. The second-order valence-electron chi connectivity index (χ2n) is 4.81. The molecule has 1 aromatic heterocycles. The Balaban J connectivity index is 2.07. The first-order valence-electron chi connectivity index (χ1n) is 5.99. The van der Waals surface area contributed by atoms with Crippen molar-refractivity contribution >= 4 is 28.4 Å². The highest BCUT2D eigenvalue weighted by atomic mass is 35.5. The lowest BCUT2D eigenvalue weighted by Crippen LogP contribution is -2.48.